The zero-order valence-corrected chi connectivity index (χ0v) is 16.0. The Labute approximate surface area is 165 Å². The number of hydrogen-bond donors (Lipinski definition) is 1. The summed E-state index contributed by atoms with van der Waals surface area (Å²) >= 11 is 0. The minimum atomic E-state index is -4.44. The van der Waals surface area contributed by atoms with Crippen molar-refractivity contribution in [3.05, 3.63) is 70.9 Å². The molecule has 5 nitrogen and oxygen atoms in total. The second-order valence-electron chi connectivity index (χ2n) is 6.70. The molecule has 2 N–H and O–H groups in total. The molecule has 8 heteroatoms. The number of alkyl halides is 3. The molecule has 3 rings (SSSR count). The highest BCUT2D eigenvalue weighted by Gasteiger charge is 2.33. The summed E-state index contributed by atoms with van der Waals surface area (Å²) < 4.78 is 42.1. The maximum atomic E-state index is 13.4. The van der Waals surface area contributed by atoms with E-state index in [-0.39, 0.29) is 18.5 Å². The van der Waals surface area contributed by atoms with Gasteiger partial charge in [0, 0.05) is 29.6 Å². The van der Waals surface area contributed by atoms with E-state index in [0.717, 1.165) is 28.2 Å². The SMILES string of the molecule is COOC(=O)[C@@H](N)Cc1c(C)n(Cc2ccccc2C(F)(F)F)c2ccccc12. The second kappa shape index (κ2) is 8.26. The largest absolute Gasteiger partial charge is 0.416 e. The van der Waals surface area contributed by atoms with Gasteiger partial charge in [-0.15, -0.1) is 0 Å². The molecule has 0 aliphatic heterocycles. The van der Waals surface area contributed by atoms with Gasteiger partial charge in [0.1, 0.15) is 6.04 Å². The van der Waals surface area contributed by atoms with E-state index in [0.29, 0.717) is 0 Å². The van der Waals surface area contributed by atoms with Crippen LogP contribution in [0.25, 0.3) is 10.9 Å². The molecule has 0 spiro atoms. The van der Waals surface area contributed by atoms with Crippen LogP contribution < -0.4 is 5.73 Å². The van der Waals surface area contributed by atoms with Gasteiger partial charge in [0.15, 0.2) is 0 Å². The Morgan fingerprint density at radius 3 is 2.48 bits per heavy atom. The molecule has 2 aromatic carbocycles. The Balaban J connectivity index is 2.05. The van der Waals surface area contributed by atoms with Crippen molar-refractivity contribution in [1.82, 2.24) is 4.57 Å². The quantitative estimate of drug-likeness (QED) is 0.497. The minimum absolute atomic E-state index is 0.0415. The molecule has 0 bridgehead atoms. The van der Waals surface area contributed by atoms with Crippen LogP contribution in [-0.2, 0) is 33.7 Å². The van der Waals surface area contributed by atoms with E-state index >= 15 is 0 Å². The molecule has 0 aliphatic carbocycles. The fourth-order valence-corrected chi connectivity index (χ4v) is 3.52. The monoisotopic (exact) mass is 406 g/mol. The van der Waals surface area contributed by atoms with Crippen LogP contribution in [0.15, 0.2) is 48.5 Å². The molecule has 0 saturated carbocycles. The average Bonchev–Trinajstić information content (AvgIpc) is 2.94. The number of carbonyl (C=O) groups is 1. The number of aromatic nitrogens is 1. The molecule has 1 heterocycles. The first-order chi connectivity index (χ1) is 13.7. The molecule has 0 fully saturated rings. The fourth-order valence-electron chi connectivity index (χ4n) is 3.52. The number of para-hydroxylation sites is 1. The molecule has 1 atom stereocenters. The number of carbonyl (C=O) groups excluding carboxylic acids is 1. The van der Waals surface area contributed by atoms with Gasteiger partial charge >= 0.3 is 12.1 Å². The van der Waals surface area contributed by atoms with Crippen LogP contribution in [0, 0.1) is 6.92 Å². The second-order valence-corrected chi connectivity index (χ2v) is 6.70. The average molecular weight is 406 g/mol. The summed E-state index contributed by atoms with van der Waals surface area (Å²) in [6.45, 7) is 1.85. The molecule has 0 aliphatic rings. The van der Waals surface area contributed by atoms with Crippen LogP contribution in [0.3, 0.4) is 0 Å². The lowest BCUT2D eigenvalue weighted by Crippen LogP contribution is -2.34. The van der Waals surface area contributed by atoms with E-state index in [1.807, 2.05) is 28.8 Å². The van der Waals surface area contributed by atoms with Crippen molar-refractivity contribution < 1.29 is 27.7 Å². The number of rotatable bonds is 6. The van der Waals surface area contributed by atoms with Crippen molar-refractivity contribution in [2.45, 2.75) is 32.1 Å². The van der Waals surface area contributed by atoms with Crippen LogP contribution >= 0.6 is 0 Å². The predicted molar refractivity (Wildman–Crippen MR) is 102 cm³/mol. The molecule has 0 unspecified atom stereocenters. The summed E-state index contributed by atoms with van der Waals surface area (Å²) in [5, 5.41) is 0.829. The third kappa shape index (κ3) is 4.28. The minimum Gasteiger partial charge on any atom is -0.340 e. The lowest BCUT2D eigenvalue weighted by Gasteiger charge is -2.15. The van der Waals surface area contributed by atoms with Crippen LogP contribution in [0.2, 0.25) is 0 Å². The summed E-state index contributed by atoms with van der Waals surface area (Å²) in [6, 6.07) is 11.9. The summed E-state index contributed by atoms with van der Waals surface area (Å²) in [4.78, 5) is 20.7. The van der Waals surface area contributed by atoms with E-state index in [1.54, 1.807) is 13.0 Å². The summed E-state index contributed by atoms with van der Waals surface area (Å²) in [6.07, 6.45) is -4.27. The molecule has 0 saturated heterocycles. The van der Waals surface area contributed by atoms with Crippen LogP contribution in [0.5, 0.6) is 0 Å². The highest BCUT2D eigenvalue weighted by molar-refractivity contribution is 5.87. The van der Waals surface area contributed by atoms with E-state index in [2.05, 4.69) is 9.78 Å². The molecule has 0 amide bonds. The standard InChI is InChI=1S/C21H21F3N2O3/c1-13-16(11-18(25)20(27)29-28-2)15-8-4-6-10-19(15)26(13)12-14-7-3-5-9-17(14)21(22,23)24/h3-10,18H,11-12,25H2,1-2H3/t18-/m0/s1. The maximum absolute atomic E-state index is 13.4. The van der Waals surface area contributed by atoms with E-state index in [9.17, 15) is 18.0 Å². The number of nitrogens with zero attached hydrogens (tertiary/aromatic N) is 1. The number of fused-ring (bicyclic) bond motifs is 1. The van der Waals surface area contributed by atoms with Crippen LogP contribution in [0.4, 0.5) is 13.2 Å². The highest BCUT2D eigenvalue weighted by atomic mass is 19.4. The van der Waals surface area contributed by atoms with Gasteiger partial charge in [0.05, 0.1) is 12.7 Å². The fraction of sp³-hybridized carbons (Fsp3) is 0.286. The topological polar surface area (TPSA) is 66.5 Å². The number of hydrogen-bond acceptors (Lipinski definition) is 4. The molecule has 29 heavy (non-hydrogen) atoms. The van der Waals surface area contributed by atoms with E-state index < -0.39 is 23.8 Å². The van der Waals surface area contributed by atoms with Gasteiger partial charge in [-0.2, -0.15) is 18.1 Å². The Kier molecular flexibility index (Phi) is 5.95. The lowest BCUT2D eigenvalue weighted by atomic mass is 10.0. The van der Waals surface area contributed by atoms with Crippen molar-refractivity contribution in [3.63, 3.8) is 0 Å². The Bertz CT molecular complexity index is 1030. The first-order valence-corrected chi connectivity index (χ1v) is 8.96. The van der Waals surface area contributed by atoms with Gasteiger partial charge in [0.2, 0.25) is 0 Å². The van der Waals surface area contributed by atoms with Crippen molar-refractivity contribution in [3.8, 4) is 0 Å². The number of nitrogens with two attached hydrogens (primary N) is 1. The zero-order chi connectivity index (χ0) is 21.2. The van der Waals surface area contributed by atoms with Crippen LogP contribution in [0.1, 0.15) is 22.4 Å². The third-order valence-corrected chi connectivity index (χ3v) is 4.91. The van der Waals surface area contributed by atoms with Crippen LogP contribution in [-0.4, -0.2) is 23.7 Å². The van der Waals surface area contributed by atoms with Gasteiger partial charge in [0.25, 0.3) is 0 Å². The predicted octanol–water partition coefficient (Wildman–Crippen LogP) is 3.99. The van der Waals surface area contributed by atoms with Crippen molar-refractivity contribution in [2.75, 3.05) is 7.11 Å². The maximum Gasteiger partial charge on any atom is 0.416 e. The highest BCUT2D eigenvalue weighted by Crippen LogP contribution is 2.34. The van der Waals surface area contributed by atoms with Gasteiger partial charge in [-0.25, -0.2) is 4.79 Å². The van der Waals surface area contributed by atoms with Gasteiger partial charge < -0.3 is 10.3 Å². The molecule has 154 valence electrons. The molecule has 3 aromatic rings. The summed E-state index contributed by atoms with van der Waals surface area (Å²) in [5.74, 6) is -0.717. The van der Waals surface area contributed by atoms with E-state index in [1.165, 1.54) is 19.2 Å². The number of benzene rings is 2. The molecular formula is C21H21F3N2O3. The summed E-state index contributed by atoms with van der Waals surface area (Å²) in [5.41, 5.74) is 7.71. The van der Waals surface area contributed by atoms with Gasteiger partial charge in [-0.1, -0.05) is 36.4 Å². The zero-order valence-electron chi connectivity index (χ0n) is 16.0. The Morgan fingerprint density at radius 1 is 1.14 bits per heavy atom. The lowest BCUT2D eigenvalue weighted by molar-refractivity contribution is -0.256. The van der Waals surface area contributed by atoms with Crippen molar-refractivity contribution >= 4 is 16.9 Å². The Hall–Kier alpha value is -2.84. The number of halogens is 3. The van der Waals surface area contributed by atoms with Gasteiger partial charge in [-0.3, -0.25) is 4.89 Å². The molecule has 0 radical (unpaired) electrons. The normalized spacial score (nSPS) is 12.9. The first kappa shape index (κ1) is 20.9. The third-order valence-electron chi connectivity index (χ3n) is 4.91. The smallest absolute Gasteiger partial charge is 0.340 e. The van der Waals surface area contributed by atoms with Crippen molar-refractivity contribution in [2.24, 2.45) is 5.73 Å². The molecular weight excluding hydrogens is 385 g/mol. The van der Waals surface area contributed by atoms with Gasteiger partial charge in [-0.05, 0) is 30.2 Å². The molecule has 1 aromatic heterocycles. The summed E-state index contributed by atoms with van der Waals surface area (Å²) in [7, 11) is 1.21. The Morgan fingerprint density at radius 2 is 1.79 bits per heavy atom. The first-order valence-electron chi connectivity index (χ1n) is 8.96. The van der Waals surface area contributed by atoms with E-state index in [4.69, 9.17) is 5.73 Å². The van der Waals surface area contributed by atoms with Crippen molar-refractivity contribution in [1.29, 1.82) is 0 Å².